The zero-order valence-electron chi connectivity index (χ0n) is 15.4. The number of carbonyl (C=O) groups is 1. The quantitative estimate of drug-likeness (QED) is 0.607. The SMILES string of the molecule is CS(=O)(=O)c1cccc(N2CCC(C(=O)Nc3ccccc3)CC2)c1[N+](=O)[O-]. The average molecular weight is 403 g/mol. The second-order valence-electron chi connectivity index (χ2n) is 6.77. The lowest BCUT2D eigenvalue weighted by Gasteiger charge is -2.32. The maximum Gasteiger partial charge on any atom is 0.311 e. The number of amides is 1. The number of carbonyl (C=O) groups excluding carboxylic acids is 1. The maximum absolute atomic E-state index is 12.5. The van der Waals surface area contributed by atoms with E-state index < -0.39 is 20.4 Å². The van der Waals surface area contributed by atoms with Crippen LogP contribution in [0.25, 0.3) is 0 Å². The van der Waals surface area contributed by atoms with Crippen molar-refractivity contribution < 1.29 is 18.1 Å². The predicted octanol–water partition coefficient (Wildman–Crippen LogP) is 2.85. The van der Waals surface area contributed by atoms with Crippen molar-refractivity contribution in [2.45, 2.75) is 17.7 Å². The molecule has 0 aliphatic carbocycles. The summed E-state index contributed by atoms with van der Waals surface area (Å²) in [5, 5.41) is 14.4. The molecule has 0 unspecified atom stereocenters. The van der Waals surface area contributed by atoms with Gasteiger partial charge in [0.1, 0.15) is 10.6 Å². The molecule has 148 valence electrons. The van der Waals surface area contributed by atoms with Crippen molar-refractivity contribution in [3.05, 3.63) is 58.6 Å². The number of benzene rings is 2. The van der Waals surface area contributed by atoms with Gasteiger partial charge in [-0.3, -0.25) is 14.9 Å². The van der Waals surface area contributed by atoms with Crippen LogP contribution < -0.4 is 10.2 Å². The fourth-order valence-corrected chi connectivity index (χ4v) is 4.25. The van der Waals surface area contributed by atoms with Crippen molar-refractivity contribution in [1.82, 2.24) is 0 Å². The van der Waals surface area contributed by atoms with Crippen LogP contribution in [-0.4, -0.2) is 38.6 Å². The highest BCUT2D eigenvalue weighted by atomic mass is 32.2. The molecule has 1 fully saturated rings. The monoisotopic (exact) mass is 403 g/mol. The van der Waals surface area contributed by atoms with Gasteiger partial charge in [-0.25, -0.2) is 8.42 Å². The molecule has 1 N–H and O–H groups in total. The van der Waals surface area contributed by atoms with Crippen molar-refractivity contribution >= 4 is 32.8 Å². The molecule has 1 heterocycles. The lowest BCUT2D eigenvalue weighted by molar-refractivity contribution is -0.387. The summed E-state index contributed by atoms with van der Waals surface area (Å²) in [6, 6.07) is 13.5. The highest BCUT2D eigenvalue weighted by molar-refractivity contribution is 7.90. The Bertz CT molecular complexity index is 984. The zero-order valence-corrected chi connectivity index (χ0v) is 16.2. The fraction of sp³-hybridized carbons (Fsp3) is 0.316. The third kappa shape index (κ3) is 4.30. The summed E-state index contributed by atoms with van der Waals surface area (Å²) in [6.07, 6.45) is 2.01. The fourth-order valence-electron chi connectivity index (χ4n) is 3.40. The van der Waals surface area contributed by atoms with E-state index in [1.807, 2.05) is 30.3 Å². The standard InChI is InChI=1S/C19H21N3O5S/c1-28(26,27)17-9-5-8-16(18(17)22(24)25)21-12-10-14(11-13-21)19(23)20-15-6-3-2-4-7-15/h2-9,14H,10-13H2,1H3,(H,20,23). The van der Waals surface area contributed by atoms with Crippen molar-refractivity contribution in [2.24, 2.45) is 5.92 Å². The number of sulfone groups is 1. The van der Waals surface area contributed by atoms with Gasteiger partial charge in [0.25, 0.3) is 0 Å². The molecule has 1 amide bonds. The molecule has 0 aromatic heterocycles. The molecule has 2 aromatic rings. The van der Waals surface area contributed by atoms with Gasteiger partial charge in [-0.05, 0) is 37.1 Å². The number of nitro groups is 1. The summed E-state index contributed by atoms with van der Waals surface area (Å²) in [4.78, 5) is 24.8. The van der Waals surface area contributed by atoms with Gasteiger partial charge >= 0.3 is 5.69 Å². The summed E-state index contributed by atoms with van der Waals surface area (Å²) in [6.45, 7) is 0.863. The van der Waals surface area contributed by atoms with E-state index in [9.17, 15) is 23.3 Å². The predicted molar refractivity (Wildman–Crippen MR) is 106 cm³/mol. The number of piperidine rings is 1. The Labute approximate surface area is 163 Å². The van der Waals surface area contributed by atoms with E-state index in [1.165, 1.54) is 12.1 Å². The van der Waals surface area contributed by atoms with E-state index in [-0.39, 0.29) is 22.4 Å². The Balaban J connectivity index is 1.75. The van der Waals surface area contributed by atoms with Crippen LogP contribution in [0.1, 0.15) is 12.8 Å². The minimum absolute atomic E-state index is 0.0785. The first-order chi connectivity index (χ1) is 13.3. The van der Waals surface area contributed by atoms with Crippen LogP contribution in [0.5, 0.6) is 0 Å². The van der Waals surface area contributed by atoms with E-state index in [2.05, 4.69) is 5.32 Å². The van der Waals surface area contributed by atoms with Gasteiger partial charge in [0.15, 0.2) is 9.84 Å². The molecule has 0 bridgehead atoms. The van der Waals surface area contributed by atoms with Crippen LogP contribution in [0.3, 0.4) is 0 Å². The smallest absolute Gasteiger partial charge is 0.311 e. The lowest BCUT2D eigenvalue weighted by Crippen LogP contribution is -2.38. The zero-order chi connectivity index (χ0) is 20.3. The number of rotatable bonds is 5. The van der Waals surface area contributed by atoms with Crippen LogP contribution in [-0.2, 0) is 14.6 Å². The van der Waals surface area contributed by atoms with Crippen molar-refractivity contribution in [3.8, 4) is 0 Å². The van der Waals surface area contributed by atoms with Gasteiger partial charge < -0.3 is 10.2 Å². The first-order valence-electron chi connectivity index (χ1n) is 8.85. The van der Waals surface area contributed by atoms with Crippen LogP contribution in [0.15, 0.2) is 53.4 Å². The minimum atomic E-state index is -3.73. The number of hydrogen-bond donors (Lipinski definition) is 1. The molecular weight excluding hydrogens is 382 g/mol. The third-order valence-electron chi connectivity index (χ3n) is 4.81. The first-order valence-corrected chi connectivity index (χ1v) is 10.7. The third-order valence-corrected chi connectivity index (χ3v) is 5.94. The lowest BCUT2D eigenvalue weighted by atomic mass is 9.95. The number of anilines is 2. The van der Waals surface area contributed by atoms with Crippen LogP contribution in [0.4, 0.5) is 17.1 Å². The molecule has 1 saturated heterocycles. The molecule has 0 spiro atoms. The molecule has 8 nitrogen and oxygen atoms in total. The molecule has 0 radical (unpaired) electrons. The van der Waals surface area contributed by atoms with Gasteiger partial charge in [0, 0.05) is 31.0 Å². The van der Waals surface area contributed by atoms with Crippen molar-refractivity contribution in [1.29, 1.82) is 0 Å². The van der Waals surface area contributed by atoms with Gasteiger partial charge in [-0.1, -0.05) is 24.3 Å². The summed E-state index contributed by atoms with van der Waals surface area (Å²) < 4.78 is 23.9. The molecule has 0 saturated carbocycles. The maximum atomic E-state index is 12.5. The van der Waals surface area contributed by atoms with Gasteiger partial charge in [-0.2, -0.15) is 0 Å². The summed E-state index contributed by atoms with van der Waals surface area (Å²) in [5.74, 6) is -0.279. The largest absolute Gasteiger partial charge is 0.366 e. The normalized spacial score (nSPS) is 15.2. The van der Waals surface area contributed by atoms with Crippen molar-refractivity contribution in [2.75, 3.05) is 29.6 Å². The molecule has 2 aromatic carbocycles. The molecule has 0 atom stereocenters. The second kappa shape index (κ2) is 7.97. The Kier molecular flexibility index (Phi) is 5.64. The van der Waals surface area contributed by atoms with Crippen LogP contribution >= 0.6 is 0 Å². The number of hydrogen-bond acceptors (Lipinski definition) is 6. The minimum Gasteiger partial charge on any atom is -0.366 e. The Morgan fingerprint density at radius 2 is 1.75 bits per heavy atom. The van der Waals surface area contributed by atoms with Gasteiger partial charge in [0.2, 0.25) is 5.91 Å². The van der Waals surface area contributed by atoms with E-state index in [0.29, 0.717) is 25.9 Å². The molecule has 9 heteroatoms. The van der Waals surface area contributed by atoms with E-state index in [0.717, 1.165) is 11.9 Å². The number of nitro benzene ring substituents is 1. The molecule has 3 rings (SSSR count). The first kappa shape index (κ1) is 19.8. The highest BCUT2D eigenvalue weighted by Crippen LogP contribution is 2.36. The Hall–Kier alpha value is -2.94. The molecular formula is C19H21N3O5S. The van der Waals surface area contributed by atoms with E-state index in [4.69, 9.17) is 0 Å². The molecule has 1 aliphatic rings. The Morgan fingerprint density at radius 3 is 2.32 bits per heavy atom. The summed E-state index contributed by atoms with van der Waals surface area (Å²) in [7, 11) is -3.73. The van der Waals surface area contributed by atoms with Gasteiger partial charge in [-0.15, -0.1) is 0 Å². The van der Waals surface area contributed by atoms with Crippen LogP contribution in [0, 0.1) is 16.0 Å². The summed E-state index contributed by atoms with van der Waals surface area (Å²) >= 11 is 0. The molecule has 1 aliphatic heterocycles. The van der Waals surface area contributed by atoms with Crippen LogP contribution in [0.2, 0.25) is 0 Å². The molecule has 28 heavy (non-hydrogen) atoms. The highest BCUT2D eigenvalue weighted by Gasteiger charge is 2.32. The van der Waals surface area contributed by atoms with Crippen molar-refractivity contribution in [3.63, 3.8) is 0 Å². The topological polar surface area (TPSA) is 110 Å². The number of para-hydroxylation sites is 2. The Morgan fingerprint density at radius 1 is 1.11 bits per heavy atom. The second-order valence-corrected chi connectivity index (χ2v) is 8.75. The number of nitrogens with zero attached hydrogens (tertiary/aromatic N) is 2. The number of nitrogens with one attached hydrogen (secondary N) is 1. The van der Waals surface area contributed by atoms with Gasteiger partial charge in [0.05, 0.1) is 4.92 Å². The summed E-state index contributed by atoms with van der Waals surface area (Å²) in [5.41, 5.74) is 0.596. The van der Waals surface area contributed by atoms with E-state index in [1.54, 1.807) is 11.0 Å². The average Bonchev–Trinajstić information content (AvgIpc) is 2.67. The van der Waals surface area contributed by atoms with E-state index >= 15 is 0 Å².